The van der Waals surface area contributed by atoms with Crippen LogP contribution in [-0.2, 0) is 6.42 Å². The van der Waals surface area contributed by atoms with Crippen LogP contribution in [0.3, 0.4) is 0 Å². The minimum atomic E-state index is -0.116. The first-order valence-electron chi connectivity index (χ1n) is 6.59. The maximum Gasteiger partial charge on any atom is 0.255 e. The Kier molecular flexibility index (Phi) is 3.21. The number of rotatable bonds is 3. The predicted molar refractivity (Wildman–Crippen MR) is 79.9 cm³/mol. The summed E-state index contributed by atoms with van der Waals surface area (Å²) in [6.07, 6.45) is 2.69. The molecule has 0 atom stereocenters. The average Bonchev–Trinajstić information content (AvgIpc) is 2.94. The number of aryl methyl sites for hydroxylation is 1. The minimum Gasteiger partial charge on any atom is -0.322 e. The van der Waals surface area contributed by atoms with Gasteiger partial charge in [-0.2, -0.15) is 5.10 Å². The molecule has 2 N–H and O–H groups in total. The lowest BCUT2D eigenvalue weighted by Crippen LogP contribution is -2.11. The molecular formula is C16H15N3O. The first-order valence-corrected chi connectivity index (χ1v) is 6.59. The highest BCUT2D eigenvalue weighted by molar-refractivity contribution is 6.06. The summed E-state index contributed by atoms with van der Waals surface area (Å²) in [7, 11) is 0. The van der Waals surface area contributed by atoms with Gasteiger partial charge in [0, 0.05) is 16.6 Å². The first kappa shape index (κ1) is 12.4. The van der Waals surface area contributed by atoms with Crippen molar-refractivity contribution in [1.29, 1.82) is 0 Å². The van der Waals surface area contributed by atoms with Crippen LogP contribution in [0.25, 0.3) is 10.9 Å². The molecule has 0 spiro atoms. The number of carbonyl (C=O) groups is 1. The number of H-pyrrole nitrogens is 1. The number of hydrogen-bond acceptors (Lipinski definition) is 2. The van der Waals surface area contributed by atoms with E-state index in [0.717, 1.165) is 23.0 Å². The molecule has 1 amide bonds. The Morgan fingerprint density at radius 3 is 3.00 bits per heavy atom. The Bertz CT molecular complexity index is 761. The Morgan fingerprint density at radius 1 is 1.25 bits per heavy atom. The lowest BCUT2D eigenvalue weighted by atomic mass is 10.1. The lowest BCUT2D eigenvalue weighted by molar-refractivity contribution is 0.102. The molecule has 0 aliphatic heterocycles. The summed E-state index contributed by atoms with van der Waals surface area (Å²) in [6, 6.07) is 13.4. The summed E-state index contributed by atoms with van der Waals surface area (Å²) in [6.45, 7) is 2.09. The molecule has 1 aromatic heterocycles. The molecule has 0 radical (unpaired) electrons. The van der Waals surface area contributed by atoms with Gasteiger partial charge in [0.25, 0.3) is 5.91 Å². The monoisotopic (exact) mass is 265 g/mol. The van der Waals surface area contributed by atoms with E-state index < -0.39 is 0 Å². The molecule has 4 nitrogen and oxygen atoms in total. The first-order chi connectivity index (χ1) is 9.76. The summed E-state index contributed by atoms with van der Waals surface area (Å²) >= 11 is 0. The van der Waals surface area contributed by atoms with E-state index in [1.807, 2.05) is 30.3 Å². The second-order valence-electron chi connectivity index (χ2n) is 4.68. The van der Waals surface area contributed by atoms with E-state index in [1.54, 1.807) is 18.3 Å². The molecule has 4 heteroatoms. The molecule has 0 bridgehead atoms. The zero-order valence-electron chi connectivity index (χ0n) is 11.2. The topological polar surface area (TPSA) is 57.8 Å². The van der Waals surface area contributed by atoms with Crippen LogP contribution in [0, 0.1) is 0 Å². The Morgan fingerprint density at radius 2 is 2.15 bits per heavy atom. The summed E-state index contributed by atoms with van der Waals surface area (Å²) in [4.78, 5) is 12.2. The van der Waals surface area contributed by atoms with Gasteiger partial charge in [0.05, 0.1) is 11.7 Å². The SMILES string of the molecule is CCc1cccc(NC(=O)c2ccc3cn[nH]c3c2)c1. The van der Waals surface area contributed by atoms with E-state index in [1.165, 1.54) is 5.56 Å². The highest BCUT2D eigenvalue weighted by atomic mass is 16.1. The molecular weight excluding hydrogens is 250 g/mol. The van der Waals surface area contributed by atoms with Gasteiger partial charge in [-0.05, 0) is 36.2 Å². The summed E-state index contributed by atoms with van der Waals surface area (Å²) in [5.41, 5.74) is 3.49. The van der Waals surface area contributed by atoms with Crippen molar-refractivity contribution in [3.63, 3.8) is 0 Å². The molecule has 20 heavy (non-hydrogen) atoms. The number of amides is 1. The van der Waals surface area contributed by atoms with E-state index in [9.17, 15) is 4.79 Å². The molecule has 0 aliphatic carbocycles. The summed E-state index contributed by atoms with van der Waals surface area (Å²) in [5, 5.41) is 10.7. The van der Waals surface area contributed by atoms with Crippen molar-refractivity contribution in [1.82, 2.24) is 10.2 Å². The normalized spacial score (nSPS) is 10.7. The smallest absolute Gasteiger partial charge is 0.255 e. The number of carbonyl (C=O) groups excluding carboxylic acids is 1. The lowest BCUT2D eigenvalue weighted by Gasteiger charge is -2.06. The number of fused-ring (bicyclic) bond motifs is 1. The average molecular weight is 265 g/mol. The van der Waals surface area contributed by atoms with Crippen molar-refractivity contribution < 1.29 is 4.79 Å². The van der Waals surface area contributed by atoms with Gasteiger partial charge in [0.2, 0.25) is 0 Å². The fraction of sp³-hybridized carbons (Fsp3) is 0.125. The number of nitrogens with zero attached hydrogens (tertiary/aromatic N) is 1. The number of aromatic amines is 1. The van der Waals surface area contributed by atoms with E-state index in [-0.39, 0.29) is 5.91 Å². The number of anilines is 1. The number of hydrogen-bond donors (Lipinski definition) is 2. The molecule has 100 valence electrons. The van der Waals surface area contributed by atoms with Gasteiger partial charge < -0.3 is 5.32 Å². The highest BCUT2D eigenvalue weighted by Gasteiger charge is 2.07. The molecule has 3 aromatic rings. The van der Waals surface area contributed by atoms with E-state index in [0.29, 0.717) is 5.56 Å². The van der Waals surface area contributed by atoms with Gasteiger partial charge in [0.15, 0.2) is 0 Å². The molecule has 0 unspecified atom stereocenters. The third kappa shape index (κ3) is 2.40. The van der Waals surface area contributed by atoms with Crippen LogP contribution in [0.1, 0.15) is 22.8 Å². The zero-order chi connectivity index (χ0) is 13.9. The second-order valence-corrected chi connectivity index (χ2v) is 4.68. The molecule has 0 saturated carbocycles. The van der Waals surface area contributed by atoms with Gasteiger partial charge in [0.1, 0.15) is 0 Å². The maximum atomic E-state index is 12.2. The Labute approximate surface area is 116 Å². The van der Waals surface area contributed by atoms with Gasteiger partial charge in [-0.25, -0.2) is 0 Å². The van der Waals surface area contributed by atoms with Crippen molar-refractivity contribution in [3.05, 3.63) is 59.8 Å². The predicted octanol–water partition coefficient (Wildman–Crippen LogP) is 3.38. The zero-order valence-corrected chi connectivity index (χ0v) is 11.2. The van der Waals surface area contributed by atoms with Crippen LogP contribution >= 0.6 is 0 Å². The molecule has 3 rings (SSSR count). The fourth-order valence-electron chi connectivity index (χ4n) is 2.15. The number of benzene rings is 2. The van der Waals surface area contributed by atoms with Crippen molar-refractivity contribution in [2.75, 3.05) is 5.32 Å². The van der Waals surface area contributed by atoms with Crippen LogP contribution in [0.2, 0.25) is 0 Å². The molecule has 0 aliphatic rings. The van der Waals surface area contributed by atoms with Crippen molar-refractivity contribution in [2.24, 2.45) is 0 Å². The van der Waals surface area contributed by atoms with Crippen LogP contribution < -0.4 is 5.32 Å². The second kappa shape index (κ2) is 5.17. The Balaban J connectivity index is 1.84. The van der Waals surface area contributed by atoms with Crippen molar-refractivity contribution in [3.8, 4) is 0 Å². The third-order valence-electron chi connectivity index (χ3n) is 3.30. The molecule has 1 heterocycles. The number of nitrogens with one attached hydrogen (secondary N) is 2. The Hall–Kier alpha value is -2.62. The largest absolute Gasteiger partial charge is 0.322 e. The van der Waals surface area contributed by atoms with Gasteiger partial charge >= 0.3 is 0 Å². The van der Waals surface area contributed by atoms with E-state index in [2.05, 4.69) is 22.4 Å². The standard InChI is InChI=1S/C16H15N3O/c1-2-11-4-3-5-14(8-11)18-16(20)12-6-7-13-10-17-19-15(13)9-12/h3-10H,2H2,1H3,(H,17,19)(H,18,20). The fourth-order valence-corrected chi connectivity index (χ4v) is 2.15. The maximum absolute atomic E-state index is 12.2. The van der Waals surface area contributed by atoms with Crippen LogP contribution in [0.4, 0.5) is 5.69 Å². The van der Waals surface area contributed by atoms with Crippen LogP contribution in [-0.4, -0.2) is 16.1 Å². The van der Waals surface area contributed by atoms with E-state index >= 15 is 0 Å². The van der Waals surface area contributed by atoms with Crippen molar-refractivity contribution >= 4 is 22.5 Å². The third-order valence-corrected chi connectivity index (χ3v) is 3.30. The van der Waals surface area contributed by atoms with Gasteiger partial charge in [-0.15, -0.1) is 0 Å². The van der Waals surface area contributed by atoms with Crippen molar-refractivity contribution in [2.45, 2.75) is 13.3 Å². The van der Waals surface area contributed by atoms with Gasteiger partial charge in [-0.3, -0.25) is 9.89 Å². The molecule has 2 aromatic carbocycles. The van der Waals surface area contributed by atoms with Crippen LogP contribution in [0.5, 0.6) is 0 Å². The highest BCUT2D eigenvalue weighted by Crippen LogP contribution is 2.16. The van der Waals surface area contributed by atoms with E-state index in [4.69, 9.17) is 0 Å². The van der Waals surface area contributed by atoms with Crippen LogP contribution in [0.15, 0.2) is 48.7 Å². The molecule has 0 saturated heterocycles. The minimum absolute atomic E-state index is 0.116. The molecule has 0 fully saturated rings. The summed E-state index contributed by atoms with van der Waals surface area (Å²) in [5.74, 6) is -0.116. The quantitative estimate of drug-likeness (QED) is 0.762. The summed E-state index contributed by atoms with van der Waals surface area (Å²) < 4.78 is 0. The number of aromatic nitrogens is 2. The van der Waals surface area contributed by atoms with Gasteiger partial charge in [-0.1, -0.05) is 25.1 Å².